The van der Waals surface area contributed by atoms with Gasteiger partial charge in [0.2, 0.25) is 0 Å². The summed E-state index contributed by atoms with van der Waals surface area (Å²) in [7, 11) is 0. The number of hydrogen-bond acceptors (Lipinski definition) is 8. The monoisotopic (exact) mass is 551 g/mol. The first-order valence-corrected chi connectivity index (χ1v) is 12.4. The summed E-state index contributed by atoms with van der Waals surface area (Å²) in [6.45, 7) is 0.0196. The summed E-state index contributed by atoms with van der Waals surface area (Å²) in [4.78, 5) is 27.8. The third kappa shape index (κ3) is 7.82. The van der Waals surface area contributed by atoms with E-state index >= 15 is 0 Å². The van der Waals surface area contributed by atoms with E-state index in [4.69, 9.17) is 33.2 Å². The molecular weight excluding hydrogens is 522 g/mol. The minimum atomic E-state index is -1.67. The number of azide groups is 1. The van der Waals surface area contributed by atoms with Gasteiger partial charge in [-0.15, -0.1) is 0 Å². The molecule has 0 spiro atoms. The average molecular weight is 552 g/mol. The maximum absolute atomic E-state index is 12.9. The number of rotatable bonds is 9. The molecule has 12 heteroatoms. The molecule has 0 bridgehead atoms. The van der Waals surface area contributed by atoms with Crippen LogP contribution in [0.25, 0.3) is 21.6 Å². The molecule has 0 saturated carbocycles. The average Bonchev–Trinajstić information content (AvgIpc) is 2.96. The second-order valence-electron chi connectivity index (χ2n) is 9.26. The molecule has 4 aromatic rings. The van der Waals surface area contributed by atoms with Crippen molar-refractivity contribution in [3.8, 4) is 11.1 Å². The molecule has 10 N–H and O–H groups in total. The molecule has 0 heterocycles. The third-order valence-electron chi connectivity index (χ3n) is 6.07. The van der Waals surface area contributed by atoms with Crippen molar-refractivity contribution in [3.63, 3.8) is 0 Å². The van der Waals surface area contributed by atoms with Crippen molar-refractivity contribution in [2.45, 2.75) is 18.9 Å². The standard InChI is InChI=1S/C29H29N9O3/c30-25-11-10-22(20-4-2-1-3-5-20)14-26(25)36-27(39)21-8-6-18(7-9-21)16-35-28(40)41-17-19-12-23(29(31,32)33)15-24(13-19)37-38-34/h1-15H,16-17,30-33H2,(H,35,40)(H,36,39). The fraction of sp³-hybridized carbons (Fsp3) is 0.103. The Morgan fingerprint density at radius 1 is 0.878 bits per heavy atom. The highest BCUT2D eigenvalue weighted by atomic mass is 16.5. The summed E-state index contributed by atoms with van der Waals surface area (Å²) in [6, 6.07) is 26.5. The van der Waals surface area contributed by atoms with Crippen LogP contribution in [0.4, 0.5) is 21.9 Å². The summed E-state index contributed by atoms with van der Waals surface area (Å²) in [5, 5.41) is 9.03. The number of anilines is 2. The molecule has 0 aliphatic carbocycles. The molecule has 0 aliphatic rings. The van der Waals surface area contributed by atoms with E-state index in [-0.39, 0.29) is 24.7 Å². The van der Waals surface area contributed by atoms with Gasteiger partial charge in [0.15, 0.2) is 0 Å². The fourth-order valence-electron chi connectivity index (χ4n) is 3.93. The number of nitrogen functional groups attached to an aromatic ring is 1. The van der Waals surface area contributed by atoms with Crippen molar-refractivity contribution >= 4 is 29.1 Å². The van der Waals surface area contributed by atoms with E-state index in [9.17, 15) is 9.59 Å². The van der Waals surface area contributed by atoms with Gasteiger partial charge in [-0.25, -0.2) is 4.79 Å². The number of alkyl carbamates (subject to hydrolysis) is 1. The first kappa shape index (κ1) is 28.6. The van der Waals surface area contributed by atoms with Gasteiger partial charge in [0, 0.05) is 28.3 Å². The van der Waals surface area contributed by atoms with Crippen LogP contribution in [-0.2, 0) is 23.7 Å². The fourth-order valence-corrected chi connectivity index (χ4v) is 3.93. The van der Waals surface area contributed by atoms with E-state index in [1.807, 2.05) is 42.5 Å². The number of hydrogen-bond donors (Lipinski definition) is 6. The zero-order valence-electron chi connectivity index (χ0n) is 22.0. The molecular formula is C29H29N9O3. The number of ether oxygens (including phenoxy) is 1. The lowest BCUT2D eigenvalue weighted by atomic mass is 10.0. The molecule has 0 aromatic heterocycles. The molecule has 4 rings (SSSR count). The van der Waals surface area contributed by atoms with Crippen molar-refractivity contribution in [1.82, 2.24) is 5.32 Å². The second-order valence-corrected chi connectivity index (χ2v) is 9.26. The molecule has 0 saturated heterocycles. The van der Waals surface area contributed by atoms with Crippen LogP contribution in [0.15, 0.2) is 96.1 Å². The lowest BCUT2D eigenvalue weighted by Gasteiger charge is -2.20. The van der Waals surface area contributed by atoms with Crippen molar-refractivity contribution in [1.29, 1.82) is 0 Å². The van der Waals surface area contributed by atoms with Crippen LogP contribution in [0, 0.1) is 0 Å². The maximum atomic E-state index is 12.9. The van der Waals surface area contributed by atoms with Crippen molar-refractivity contribution < 1.29 is 14.3 Å². The van der Waals surface area contributed by atoms with Gasteiger partial charge in [-0.05, 0) is 70.2 Å². The zero-order valence-corrected chi connectivity index (χ0v) is 22.0. The van der Waals surface area contributed by atoms with Crippen molar-refractivity contribution in [3.05, 3.63) is 124 Å². The second kappa shape index (κ2) is 12.6. The smallest absolute Gasteiger partial charge is 0.407 e. The molecule has 0 aliphatic heterocycles. The molecule has 12 nitrogen and oxygen atoms in total. The molecule has 208 valence electrons. The third-order valence-corrected chi connectivity index (χ3v) is 6.07. The van der Waals surface area contributed by atoms with Crippen LogP contribution in [0.3, 0.4) is 0 Å². The number of carbonyl (C=O) groups is 2. The molecule has 41 heavy (non-hydrogen) atoms. The van der Waals surface area contributed by atoms with Crippen LogP contribution in [-0.4, -0.2) is 12.0 Å². The Bertz CT molecular complexity index is 1590. The predicted octanol–water partition coefficient (Wildman–Crippen LogP) is 4.54. The Balaban J connectivity index is 1.32. The van der Waals surface area contributed by atoms with E-state index in [1.165, 1.54) is 12.1 Å². The van der Waals surface area contributed by atoms with E-state index in [2.05, 4.69) is 20.7 Å². The lowest BCUT2D eigenvalue weighted by Crippen LogP contribution is -2.54. The Hall–Kier alpha value is -5.39. The van der Waals surface area contributed by atoms with Gasteiger partial charge in [-0.3, -0.25) is 22.0 Å². The van der Waals surface area contributed by atoms with E-state index in [1.54, 1.807) is 36.4 Å². The molecule has 0 atom stereocenters. The molecule has 0 unspecified atom stereocenters. The number of nitrogens with one attached hydrogen (secondary N) is 2. The maximum Gasteiger partial charge on any atom is 0.407 e. The normalized spacial score (nSPS) is 10.8. The Kier molecular flexibility index (Phi) is 8.82. The highest BCUT2D eigenvalue weighted by Crippen LogP contribution is 2.27. The first-order valence-electron chi connectivity index (χ1n) is 12.4. The van der Waals surface area contributed by atoms with Crippen molar-refractivity contribution in [2.75, 3.05) is 11.1 Å². The summed E-state index contributed by atoms with van der Waals surface area (Å²) in [5.41, 5.74) is 37.1. The van der Waals surface area contributed by atoms with Gasteiger partial charge >= 0.3 is 6.09 Å². The van der Waals surface area contributed by atoms with Gasteiger partial charge in [-0.2, -0.15) is 0 Å². The SMILES string of the molecule is [N-]=[N+]=Nc1cc(COC(=O)NCc2ccc(C(=O)Nc3cc(-c4ccccc4)ccc3N)cc2)cc(C(N)(N)N)c1. The number of nitrogens with zero attached hydrogens (tertiary/aromatic N) is 3. The number of amides is 2. The van der Waals surface area contributed by atoms with E-state index in [0.717, 1.165) is 16.7 Å². The first-order chi connectivity index (χ1) is 19.6. The van der Waals surface area contributed by atoms with Crippen LogP contribution >= 0.6 is 0 Å². The largest absolute Gasteiger partial charge is 0.445 e. The topological polar surface area (TPSA) is 220 Å². The minimum Gasteiger partial charge on any atom is -0.445 e. The Morgan fingerprint density at radius 3 is 2.29 bits per heavy atom. The number of benzene rings is 4. The summed E-state index contributed by atoms with van der Waals surface area (Å²) >= 11 is 0. The lowest BCUT2D eigenvalue weighted by molar-refractivity contribution is 0.102. The van der Waals surface area contributed by atoms with E-state index < -0.39 is 11.9 Å². The van der Waals surface area contributed by atoms with Gasteiger partial charge in [0.05, 0.1) is 11.4 Å². The van der Waals surface area contributed by atoms with Crippen LogP contribution in [0.1, 0.15) is 27.0 Å². The molecule has 2 amide bonds. The summed E-state index contributed by atoms with van der Waals surface area (Å²) < 4.78 is 5.25. The highest BCUT2D eigenvalue weighted by molar-refractivity contribution is 6.06. The van der Waals surface area contributed by atoms with Crippen molar-refractivity contribution in [2.24, 2.45) is 22.3 Å². The van der Waals surface area contributed by atoms with Gasteiger partial charge in [0.25, 0.3) is 5.91 Å². The summed E-state index contributed by atoms with van der Waals surface area (Å²) in [6.07, 6.45) is -0.684. The van der Waals surface area contributed by atoms with Crippen LogP contribution in [0.2, 0.25) is 0 Å². The Morgan fingerprint density at radius 2 is 1.61 bits per heavy atom. The quantitative estimate of drug-likeness (QED) is 0.0572. The van der Waals surface area contributed by atoms with E-state index in [0.29, 0.717) is 28.1 Å². The minimum absolute atomic E-state index is 0.141. The zero-order chi connectivity index (χ0) is 29.4. The summed E-state index contributed by atoms with van der Waals surface area (Å²) in [5.74, 6) is -1.99. The number of nitrogens with two attached hydrogens (primary N) is 4. The van der Waals surface area contributed by atoms with Crippen LogP contribution in [0.5, 0.6) is 0 Å². The van der Waals surface area contributed by atoms with Crippen LogP contribution < -0.4 is 33.6 Å². The van der Waals surface area contributed by atoms with Gasteiger partial charge in [0.1, 0.15) is 12.4 Å². The highest BCUT2D eigenvalue weighted by Gasteiger charge is 2.17. The van der Waals surface area contributed by atoms with Gasteiger partial charge in [-0.1, -0.05) is 53.6 Å². The Labute approximate surface area is 235 Å². The molecule has 0 radical (unpaired) electrons. The predicted molar refractivity (Wildman–Crippen MR) is 157 cm³/mol. The molecule has 4 aromatic carbocycles. The number of carbonyl (C=O) groups excluding carboxylic acids is 2. The van der Waals surface area contributed by atoms with Gasteiger partial charge < -0.3 is 21.1 Å². The molecule has 0 fully saturated rings.